The van der Waals surface area contributed by atoms with E-state index in [9.17, 15) is 28.5 Å². The molecule has 2 fully saturated rings. The monoisotopic (exact) mass is 375 g/mol. The summed E-state index contributed by atoms with van der Waals surface area (Å²) in [4.78, 5) is 7.85. The summed E-state index contributed by atoms with van der Waals surface area (Å²) in [5.41, 5.74) is -0.708. The van der Waals surface area contributed by atoms with Crippen molar-refractivity contribution < 1.29 is 28.5 Å². The highest BCUT2D eigenvalue weighted by atomic mass is 19.4. The van der Waals surface area contributed by atoms with Crippen molar-refractivity contribution in [3.05, 3.63) is 23.9 Å². The summed E-state index contributed by atoms with van der Waals surface area (Å²) in [6.45, 7) is 2.37. The maximum atomic E-state index is 12.9. The van der Waals surface area contributed by atoms with Crippen molar-refractivity contribution in [3.8, 4) is 0 Å². The van der Waals surface area contributed by atoms with E-state index < -0.39 is 30.1 Å². The molecule has 0 amide bonds. The Morgan fingerprint density at radius 3 is 2.46 bits per heavy atom. The SMILES string of the molecule is OC1CN(C[C@H]2CCCN(c3cc(C(F)(F)F)ccn3)C2)CC(O)C1O. The molecule has 3 rings (SSSR count). The minimum absolute atomic E-state index is 0.190. The zero-order chi connectivity index (χ0) is 18.9. The fourth-order valence-corrected chi connectivity index (χ4v) is 3.78. The number of aromatic nitrogens is 1. The molecule has 1 aromatic heterocycles. The number of alkyl halides is 3. The van der Waals surface area contributed by atoms with Gasteiger partial charge in [0.1, 0.15) is 11.9 Å². The third kappa shape index (κ3) is 4.46. The van der Waals surface area contributed by atoms with Crippen molar-refractivity contribution in [1.29, 1.82) is 0 Å². The predicted octanol–water partition coefficient (Wildman–Crippen LogP) is 0.715. The van der Waals surface area contributed by atoms with Gasteiger partial charge in [-0.15, -0.1) is 0 Å². The second kappa shape index (κ2) is 7.67. The number of anilines is 1. The number of hydrogen-bond acceptors (Lipinski definition) is 6. The molecule has 146 valence electrons. The van der Waals surface area contributed by atoms with Gasteiger partial charge in [-0.25, -0.2) is 4.98 Å². The van der Waals surface area contributed by atoms with E-state index in [0.717, 1.165) is 25.0 Å². The van der Waals surface area contributed by atoms with Gasteiger partial charge >= 0.3 is 6.18 Å². The fourth-order valence-electron chi connectivity index (χ4n) is 3.78. The lowest BCUT2D eigenvalue weighted by molar-refractivity contribution is -0.137. The first-order chi connectivity index (χ1) is 12.2. The number of aliphatic hydroxyl groups excluding tert-OH is 3. The maximum Gasteiger partial charge on any atom is 0.416 e. The minimum atomic E-state index is -4.40. The summed E-state index contributed by atoms with van der Waals surface area (Å²) in [6, 6.07) is 2.04. The number of rotatable bonds is 3. The molecular formula is C17H24F3N3O3. The van der Waals surface area contributed by atoms with Gasteiger partial charge in [-0.05, 0) is 30.9 Å². The van der Waals surface area contributed by atoms with Crippen LogP contribution in [0.5, 0.6) is 0 Å². The molecule has 0 aliphatic carbocycles. The second-order valence-corrected chi connectivity index (χ2v) is 7.20. The summed E-state index contributed by atoms with van der Waals surface area (Å²) in [5.74, 6) is 0.508. The lowest BCUT2D eigenvalue weighted by Gasteiger charge is -2.41. The predicted molar refractivity (Wildman–Crippen MR) is 88.6 cm³/mol. The Kier molecular flexibility index (Phi) is 5.71. The van der Waals surface area contributed by atoms with Gasteiger partial charge in [-0.2, -0.15) is 13.2 Å². The third-order valence-electron chi connectivity index (χ3n) is 5.11. The number of pyridine rings is 1. The van der Waals surface area contributed by atoms with Crippen molar-refractivity contribution in [2.45, 2.75) is 37.3 Å². The molecule has 3 N–H and O–H groups in total. The number of piperidine rings is 2. The van der Waals surface area contributed by atoms with Gasteiger partial charge in [-0.3, -0.25) is 4.90 Å². The molecule has 0 radical (unpaired) electrons. The summed E-state index contributed by atoms with van der Waals surface area (Å²) in [5, 5.41) is 29.2. The second-order valence-electron chi connectivity index (χ2n) is 7.20. The molecule has 2 aliphatic rings. The fraction of sp³-hybridized carbons (Fsp3) is 0.706. The molecule has 6 nitrogen and oxygen atoms in total. The van der Waals surface area contributed by atoms with E-state index in [0.29, 0.717) is 25.5 Å². The van der Waals surface area contributed by atoms with Crippen LogP contribution in [0.4, 0.5) is 19.0 Å². The lowest BCUT2D eigenvalue weighted by atomic mass is 9.95. The molecule has 3 heterocycles. The summed E-state index contributed by atoms with van der Waals surface area (Å²) in [7, 11) is 0. The number of nitrogens with zero attached hydrogens (tertiary/aromatic N) is 3. The molecule has 2 saturated heterocycles. The first kappa shape index (κ1) is 19.3. The van der Waals surface area contributed by atoms with E-state index in [1.54, 1.807) is 0 Å². The molecule has 0 aromatic carbocycles. The number of β-amino-alcohol motifs (C(OH)–C–C–N with tert-alkyl or cyclic N) is 2. The average Bonchev–Trinajstić information content (AvgIpc) is 2.59. The average molecular weight is 375 g/mol. The van der Waals surface area contributed by atoms with Gasteiger partial charge in [0, 0.05) is 38.9 Å². The molecular weight excluding hydrogens is 351 g/mol. The quantitative estimate of drug-likeness (QED) is 0.722. The normalized spacial score (nSPS) is 31.2. The van der Waals surface area contributed by atoms with Gasteiger partial charge in [0.25, 0.3) is 0 Å². The Balaban J connectivity index is 1.63. The van der Waals surface area contributed by atoms with Crippen molar-refractivity contribution in [2.75, 3.05) is 37.6 Å². The van der Waals surface area contributed by atoms with Gasteiger partial charge < -0.3 is 20.2 Å². The standard InChI is InChI=1S/C17H24F3N3O3/c18-17(19,20)12-3-4-21-15(6-12)23-5-1-2-11(8-23)7-22-9-13(24)16(26)14(25)10-22/h3-4,6,11,13-14,16,24-26H,1-2,5,7-10H2/t11-,13?,14?,16?/m1/s1. The zero-order valence-corrected chi connectivity index (χ0v) is 14.3. The molecule has 26 heavy (non-hydrogen) atoms. The van der Waals surface area contributed by atoms with Crippen molar-refractivity contribution in [3.63, 3.8) is 0 Å². The number of hydrogen-bond donors (Lipinski definition) is 3. The smallest absolute Gasteiger partial charge is 0.389 e. The molecule has 0 spiro atoms. The van der Waals surface area contributed by atoms with Gasteiger partial charge in [-0.1, -0.05) is 0 Å². The summed E-state index contributed by atoms with van der Waals surface area (Å²) >= 11 is 0. The summed E-state index contributed by atoms with van der Waals surface area (Å²) in [6.07, 6.45) is -4.59. The van der Waals surface area contributed by atoms with Crippen LogP contribution in [0, 0.1) is 5.92 Å². The van der Waals surface area contributed by atoms with Crippen LogP contribution < -0.4 is 4.90 Å². The van der Waals surface area contributed by atoms with E-state index in [1.807, 2.05) is 9.80 Å². The minimum Gasteiger partial charge on any atom is -0.389 e. The first-order valence-electron chi connectivity index (χ1n) is 8.79. The van der Waals surface area contributed by atoms with Crippen LogP contribution >= 0.6 is 0 Å². The first-order valence-corrected chi connectivity index (χ1v) is 8.79. The van der Waals surface area contributed by atoms with Gasteiger partial charge in [0.15, 0.2) is 0 Å². The van der Waals surface area contributed by atoms with Crippen LogP contribution in [0.2, 0.25) is 0 Å². The van der Waals surface area contributed by atoms with Crippen molar-refractivity contribution in [1.82, 2.24) is 9.88 Å². The number of halogens is 3. The Bertz CT molecular complexity index is 604. The largest absolute Gasteiger partial charge is 0.416 e. The van der Waals surface area contributed by atoms with Crippen LogP contribution in [0.15, 0.2) is 18.3 Å². The van der Waals surface area contributed by atoms with Crippen molar-refractivity contribution in [2.24, 2.45) is 5.92 Å². The molecule has 3 atom stereocenters. The van der Waals surface area contributed by atoms with Gasteiger partial charge in [0.2, 0.25) is 0 Å². The molecule has 9 heteroatoms. The van der Waals surface area contributed by atoms with Crippen LogP contribution in [-0.4, -0.2) is 76.2 Å². The van der Waals surface area contributed by atoms with Crippen LogP contribution in [-0.2, 0) is 6.18 Å². The highest BCUT2D eigenvalue weighted by molar-refractivity contribution is 5.42. The lowest BCUT2D eigenvalue weighted by Crippen LogP contribution is -2.56. The zero-order valence-electron chi connectivity index (χ0n) is 14.3. The van der Waals surface area contributed by atoms with Crippen LogP contribution in [0.1, 0.15) is 18.4 Å². The number of likely N-dealkylation sites (tertiary alicyclic amines) is 1. The van der Waals surface area contributed by atoms with E-state index in [1.165, 1.54) is 6.20 Å². The molecule has 0 saturated carbocycles. The molecule has 2 unspecified atom stereocenters. The molecule has 1 aromatic rings. The topological polar surface area (TPSA) is 80.1 Å². The maximum absolute atomic E-state index is 12.9. The highest BCUT2D eigenvalue weighted by Crippen LogP contribution is 2.32. The highest BCUT2D eigenvalue weighted by Gasteiger charge is 2.35. The Hall–Kier alpha value is -1.42. The van der Waals surface area contributed by atoms with E-state index in [-0.39, 0.29) is 19.0 Å². The van der Waals surface area contributed by atoms with E-state index >= 15 is 0 Å². The van der Waals surface area contributed by atoms with E-state index in [2.05, 4.69) is 4.98 Å². The Morgan fingerprint density at radius 1 is 1.12 bits per heavy atom. The van der Waals surface area contributed by atoms with Gasteiger partial charge in [0.05, 0.1) is 17.8 Å². The van der Waals surface area contributed by atoms with E-state index in [4.69, 9.17) is 0 Å². The number of aliphatic hydroxyl groups is 3. The Morgan fingerprint density at radius 2 is 1.81 bits per heavy atom. The van der Waals surface area contributed by atoms with Crippen LogP contribution in [0.3, 0.4) is 0 Å². The molecule has 0 bridgehead atoms. The van der Waals surface area contributed by atoms with Crippen LogP contribution in [0.25, 0.3) is 0 Å². The van der Waals surface area contributed by atoms with Crippen molar-refractivity contribution >= 4 is 5.82 Å². The molecule has 2 aliphatic heterocycles. The summed E-state index contributed by atoms with van der Waals surface area (Å²) < 4.78 is 38.7. The Labute approximate surface area is 149 Å². The third-order valence-corrected chi connectivity index (χ3v) is 5.11.